The molecule has 3 rings (SSSR count). The highest BCUT2D eigenvalue weighted by Gasteiger charge is 2.26. The minimum absolute atomic E-state index is 0.0699. The van der Waals surface area contributed by atoms with Gasteiger partial charge in [-0.25, -0.2) is 9.97 Å². The van der Waals surface area contributed by atoms with Crippen LogP contribution in [0.4, 0.5) is 11.6 Å². The number of carbonyl (C=O) groups excluding carboxylic acids is 1. The van der Waals surface area contributed by atoms with Crippen LogP contribution < -0.4 is 10.2 Å². The molecule has 1 aliphatic rings. The van der Waals surface area contributed by atoms with Gasteiger partial charge in [0.1, 0.15) is 0 Å². The van der Waals surface area contributed by atoms with Gasteiger partial charge in [0.15, 0.2) is 0 Å². The third-order valence-electron chi connectivity index (χ3n) is 4.34. The van der Waals surface area contributed by atoms with Gasteiger partial charge in [0.05, 0.1) is 17.7 Å². The van der Waals surface area contributed by atoms with Crippen LogP contribution in [0.3, 0.4) is 0 Å². The van der Waals surface area contributed by atoms with Crippen LogP contribution in [0.5, 0.6) is 0 Å². The summed E-state index contributed by atoms with van der Waals surface area (Å²) in [6, 6.07) is 10.6. The molecule has 0 unspecified atom stereocenters. The number of anilines is 2. The van der Waals surface area contributed by atoms with Gasteiger partial charge >= 0.3 is 0 Å². The summed E-state index contributed by atoms with van der Waals surface area (Å²) in [5, 5.41) is 11.8. The van der Waals surface area contributed by atoms with Crippen LogP contribution in [0, 0.1) is 11.3 Å². The third kappa shape index (κ3) is 4.11. The summed E-state index contributed by atoms with van der Waals surface area (Å²) in [6.07, 6.45) is 3.47. The van der Waals surface area contributed by atoms with Crippen LogP contribution in [-0.2, 0) is 4.79 Å². The number of piperazine rings is 1. The molecule has 2 heterocycles. The average Bonchev–Trinajstić information content (AvgIpc) is 2.68. The summed E-state index contributed by atoms with van der Waals surface area (Å²) in [5.74, 6) is 0.659. The molecule has 1 aromatic carbocycles. The van der Waals surface area contributed by atoms with Crippen molar-refractivity contribution in [2.75, 3.05) is 36.4 Å². The van der Waals surface area contributed by atoms with E-state index in [0.29, 0.717) is 11.3 Å². The maximum atomic E-state index is 12.5. The van der Waals surface area contributed by atoms with Crippen molar-refractivity contribution in [1.82, 2.24) is 14.9 Å². The highest BCUT2D eigenvalue weighted by molar-refractivity contribution is 5.94. The quantitative estimate of drug-likeness (QED) is 0.911. The van der Waals surface area contributed by atoms with Gasteiger partial charge in [0.25, 0.3) is 0 Å². The van der Waals surface area contributed by atoms with E-state index in [2.05, 4.69) is 31.2 Å². The van der Waals surface area contributed by atoms with Gasteiger partial charge in [-0.15, -0.1) is 0 Å². The van der Waals surface area contributed by atoms with Crippen molar-refractivity contribution in [3.05, 3.63) is 48.3 Å². The molecule has 0 radical (unpaired) electrons. The number of aromatic nitrogens is 2. The number of nitrogens with one attached hydrogen (secondary N) is 1. The van der Waals surface area contributed by atoms with Gasteiger partial charge in [-0.1, -0.05) is 6.07 Å². The number of amides is 1. The highest BCUT2D eigenvalue weighted by atomic mass is 16.2. The second-order valence-electron chi connectivity index (χ2n) is 5.93. The lowest BCUT2D eigenvalue weighted by atomic mass is 10.2. The zero-order valence-corrected chi connectivity index (χ0v) is 14.1. The van der Waals surface area contributed by atoms with Crippen molar-refractivity contribution >= 4 is 17.5 Å². The molecule has 0 saturated carbocycles. The van der Waals surface area contributed by atoms with Gasteiger partial charge in [-0.3, -0.25) is 9.69 Å². The molecule has 1 aromatic heterocycles. The SMILES string of the molecule is C[C@H](C(=O)Nc1cccc(C#N)c1)N1CCN(c2ncccn2)CC1. The maximum Gasteiger partial charge on any atom is 0.241 e. The molecule has 0 aliphatic carbocycles. The molecule has 1 atom stereocenters. The van der Waals surface area contributed by atoms with Gasteiger partial charge in [0.2, 0.25) is 11.9 Å². The molecular weight excluding hydrogens is 316 g/mol. The minimum Gasteiger partial charge on any atom is -0.338 e. The van der Waals surface area contributed by atoms with E-state index in [-0.39, 0.29) is 11.9 Å². The van der Waals surface area contributed by atoms with Crippen LogP contribution in [0.2, 0.25) is 0 Å². The molecule has 2 aromatic rings. The Hall–Kier alpha value is -2.98. The van der Waals surface area contributed by atoms with Crippen LogP contribution in [0.25, 0.3) is 0 Å². The summed E-state index contributed by atoms with van der Waals surface area (Å²) in [6.45, 7) is 5.01. The standard InChI is InChI=1S/C18H20N6O/c1-14(17(25)22-16-5-2-4-15(12-16)13-19)23-8-10-24(11-9-23)18-20-6-3-7-21-18/h2-7,12,14H,8-11H2,1H3,(H,22,25)/t14-/m1/s1. The molecule has 1 N–H and O–H groups in total. The zero-order valence-electron chi connectivity index (χ0n) is 14.1. The number of nitrogens with zero attached hydrogens (tertiary/aromatic N) is 5. The predicted octanol–water partition coefficient (Wildman–Crippen LogP) is 1.50. The fourth-order valence-corrected chi connectivity index (χ4v) is 2.84. The normalized spacial score (nSPS) is 16.1. The summed E-state index contributed by atoms with van der Waals surface area (Å²) in [4.78, 5) is 25.3. The third-order valence-corrected chi connectivity index (χ3v) is 4.34. The van der Waals surface area contributed by atoms with Gasteiger partial charge < -0.3 is 10.2 Å². The van der Waals surface area contributed by atoms with Crippen LogP contribution in [0.15, 0.2) is 42.7 Å². The topological polar surface area (TPSA) is 85.2 Å². The van der Waals surface area contributed by atoms with Crippen molar-refractivity contribution in [3.63, 3.8) is 0 Å². The number of hydrogen-bond donors (Lipinski definition) is 1. The van der Waals surface area contributed by atoms with Gasteiger partial charge in [0, 0.05) is 44.3 Å². The van der Waals surface area contributed by atoms with E-state index in [1.54, 1.807) is 42.7 Å². The highest BCUT2D eigenvalue weighted by Crippen LogP contribution is 2.14. The van der Waals surface area contributed by atoms with Crippen LogP contribution in [-0.4, -0.2) is 53.0 Å². The van der Waals surface area contributed by atoms with E-state index in [1.165, 1.54) is 0 Å². The zero-order chi connectivity index (χ0) is 17.6. The summed E-state index contributed by atoms with van der Waals surface area (Å²) in [7, 11) is 0. The van der Waals surface area contributed by atoms with Gasteiger partial charge in [-0.2, -0.15) is 5.26 Å². The second-order valence-corrected chi connectivity index (χ2v) is 5.93. The first-order chi connectivity index (χ1) is 12.2. The lowest BCUT2D eigenvalue weighted by Crippen LogP contribution is -2.53. The maximum absolute atomic E-state index is 12.5. The van der Waals surface area contributed by atoms with Crippen molar-refractivity contribution < 1.29 is 4.79 Å². The molecule has 7 heteroatoms. The van der Waals surface area contributed by atoms with E-state index >= 15 is 0 Å². The first kappa shape index (κ1) is 16.9. The number of hydrogen-bond acceptors (Lipinski definition) is 6. The fraction of sp³-hybridized carbons (Fsp3) is 0.333. The molecule has 0 spiro atoms. The summed E-state index contributed by atoms with van der Waals surface area (Å²) < 4.78 is 0. The summed E-state index contributed by atoms with van der Waals surface area (Å²) >= 11 is 0. The monoisotopic (exact) mass is 336 g/mol. The first-order valence-corrected chi connectivity index (χ1v) is 8.24. The minimum atomic E-state index is -0.246. The molecular formula is C18H20N6O. The molecule has 128 valence electrons. The summed E-state index contributed by atoms with van der Waals surface area (Å²) in [5.41, 5.74) is 1.18. The molecule has 0 bridgehead atoms. The number of rotatable bonds is 4. The van der Waals surface area contributed by atoms with Crippen molar-refractivity contribution in [3.8, 4) is 6.07 Å². The Balaban J connectivity index is 1.56. The molecule has 1 saturated heterocycles. The Morgan fingerprint density at radius 1 is 1.20 bits per heavy atom. The Morgan fingerprint density at radius 3 is 2.60 bits per heavy atom. The largest absolute Gasteiger partial charge is 0.338 e. The predicted molar refractivity (Wildman–Crippen MR) is 95.1 cm³/mol. The molecule has 7 nitrogen and oxygen atoms in total. The van der Waals surface area contributed by atoms with Crippen molar-refractivity contribution in [1.29, 1.82) is 5.26 Å². The average molecular weight is 336 g/mol. The van der Waals surface area contributed by atoms with E-state index in [9.17, 15) is 4.79 Å². The molecule has 1 amide bonds. The Kier molecular flexibility index (Phi) is 5.21. The molecule has 1 fully saturated rings. The Bertz CT molecular complexity index is 765. The molecule has 1 aliphatic heterocycles. The Morgan fingerprint density at radius 2 is 1.92 bits per heavy atom. The van der Waals surface area contributed by atoms with E-state index in [1.807, 2.05) is 6.92 Å². The van der Waals surface area contributed by atoms with E-state index < -0.39 is 0 Å². The first-order valence-electron chi connectivity index (χ1n) is 8.24. The fourth-order valence-electron chi connectivity index (χ4n) is 2.84. The second kappa shape index (κ2) is 7.73. The lowest BCUT2D eigenvalue weighted by molar-refractivity contribution is -0.120. The van der Waals surface area contributed by atoms with Crippen LogP contribution >= 0.6 is 0 Å². The Labute approximate surface area is 146 Å². The van der Waals surface area contributed by atoms with E-state index in [0.717, 1.165) is 32.1 Å². The lowest BCUT2D eigenvalue weighted by Gasteiger charge is -2.37. The number of nitriles is 1. The van der Waals surface area contributed by atoms with Crippen LogP contribution in [0.1, 0.15) is 12.5 Å². The van der Waals surface area contributed by atoms with Crippen molar-refractivity contribution in [2.45, 2.75) is 13.0 Å². The smallest absolute Gasteiger partial charge is 0.241 e. The number of benzene rings is 1. The van der Waals surface area contributed by atoms with Crippen molar-refractivity contribution in [2.24, 2.45) is 0 Å². The van der Waals surface area contributed by atoms with E-state index in [4.69, 9.17) is 5.26 Å². The molecule has 25 heavy (non-hydrogen) atoms. The van der Waals surface area contributed by atoms with Gasteiger partial charge in [-0.05, 0) is 31.2 Å². The number of carbonyl (C=O) groups is 1.